The van der Waals surface area contributed by atoms with E-state index in [-0.39, 0.29) is 12.0 Å². The molecule has 5 heteroatoms. The van der Waals surface area contributed by atoms with Gasteiger partial charge < -0.3 is 5.11 Å². The molecule has 1 aliphatic carbocycles. The van der Waals surface area contributed by atoms with Crippen LogP contribution in [0.5, 0.6) is 0 Å². The van der Waals surface area contributed by atoms with E-state index in [9.17, 15) is 13.5 Å². The van der Waals surface area contributed by atoms with Crippen LogP contribution in [0.3, 0.4) is 0 Å². The summed E-state index contributed by atoms with van der Waals surface area (Å²) >= 11 is 0. The van der Waals surface area contributed by atoms with Crippen LogP contribution in [-0.4, -0.2) is 26.2 Å². The van der Waals surface area contributed by atoms with Crippen LogP contribution in [0.15, 0.2) is 23.1 Å². The lowest BCUT2D eigenvalue weighted by Crippen LogP contribution is -2.39. The zero-order valence-electron chi connectivity index (χ0n) is 12.3. The highest BCUT2D eigenvalue weighted by molar-refractivity contribution is 7.89. The van der Waals surface area contributed by atoms with Gasteiger partial charge in [-0.3, -0.25) is 0 Å². The van der Waals surface area contributed by atoms with E-state index in [4.69, 9.17) is 0 Å². The Labute approximate surface area is 121 Å². The van der Waals surface area contributed by atoms with Gasteiger partial charge >= 0.3 is 0 Å². The molecule has 0 aliphatic heterocycles. The minimum Gasteiger partial charge on any atom is -0.391 e. The number of fused-ring (bicyclic) bond motifs is 1. The zero-order valence-corrected chi connectivity index (χ0v) is 13.1. The van der Waals surface area contributed by atoms with E-state index in [1.165, 1.54) is 5.56 Å². The second-order valence-electron chi connectivity index (χ2n) is 6.52. The van der Waals surface area contributed by atoms with Gasteiger partial charge in [0.2, 0.25) is 10.0 Å². The highest BCUT2D eigenvalue weighted by Crippen LogP contribution is 2.25. The third kappa shape index (κ3) is 3.40. The standard InChI is InChI=1S/C15H23NO3S/c1-15(2,3)14(17)10-16-20(18,19)13-8-7-11-5-4-6-12(11)9-13/h7-9,14,16-17H,4-6,10H2,1-3H3. The first kappa shape index (κ1) is 15.5. The van der Waals surface area contributed by atoms with Crippen LogP contribution in [0.1, 0.15) is 38.3 Å². The van der Waals surface area contributed by atoms with Crippen LogP contribution in [0.4, 0.5) is 0 Å². The third-order valence-electron chi connectivity index (χ3n) is 3.85. The van der Waals surface area contributed by atoms with Crippen LogP contribution >= 0.6 is 0 Å². The average molecular weight is 297 g/mol. The first-order valence-electron chi connectivity index (χ1n) is 7.00. The number of rotatable bonds is 4. The second-order valence-corrected chi connectivity index (χ2v) is 8.28. The Morgan fingerprint density at radius 3 is 2.55 bits per heavy atom. The van der Waals surface area contributed by atoms with Crippen LogP contribution in [0, 0.1) is 5.41 Å². The number of sulfonamides is 1. The third-order valence-corrected chi connectivity index (χ3v) is 5.27. The van der Waals surface area contributed by atoms with Gasteiger partial charge in [0, 0.05) is 6.54 Å². The van der Waals surface area contributed by atoms with Crippen LogP contribution in [-0.2, 0) is 22.9 Å². The molecule has 4 nitrogen and oxygen atoms in total. The Balaban J connectivity index is 2.11. The average Bonchev–Trinajstić information content (AvgIpc) is 2.81. The monoisotopic (exact) mass is 297 g/mol. The highest BCUT2D eigenvalue weighted by Gasteiger charge is 2.25. The van der Waals surface area contributed by atoms with Crippen molar-refractivity contribution in [2.45, 2.75) is 51.0 Å². The number of hydrogen-bond acceptors (Lipinski definition) is 3. The fraction of sp³-hybridized carbons (Fsp3) is 0.600. The highest BCUT2D eigenvalue weighted by atomic mass is 32.2. The van der Waals surface area contributed by atoms with Crippen molar-refractivity contribution in [3.63, 3.8) is 0 Å². The van der Waals surface area contributed by atoms with Crippen LogP contribution in [0.25, 0.3) is 0 Å². The topological polar surface area (TPSA) is 66.4 Å². The smallest absolute Gasteiger partial charge is 0.240 e. The molecule has 2 N–H and O–H groups in total. The van der Waals surface area contributed by atoms with Gasteiger partial charge in [0.05, 0.1) is 11.0 Å². The zero-order chi connectivity index (χ0) is 15.0. The molecule has 0 heterocycles. The van der Waals surface area contributed by atoms with Crippen molar-refractivity contribution in [2.24, 2.45) is 5.41 Å². The summed E-state index contributed by atoms with van der Waals surface area (Å²) in [6.07, 6.45) is 2.36. The molecular weight excluding hydrogens is 274 g/mol. The van der Waals surface area contributed by atoms with E-state index >= 15 is 0 Å². The van der Waals surface area contributed by atoms with E-state index in [0.29, 0.717) is 4.90 Å². The Morgan fingerprint density at radius 2 is 1.90 bits per heavy atom. The number of hydrogen-bond donors (Lipinski definition) is 2. The van der Waals surface area contributed by atoms with Crippen molar-refractivity contribution in [3.05, 3.63) is 29.3 Å². The van der Waals surface area contributed by atoms with E-state index in [1.807, 2.05) is 26.8 Å². The molecule has 0 aromatic heterocycles. The lowest BCUT2D eigenvalue weighted by atomic mass is 9.89. The summed E-state index contributed by atoms with van der Waals surface area (Å²) in [5, 5.41) is 9.92. The molecule has 20 heavy (non-hydrogen) atoms. The molecule has 1 atom stereocenters. The van der Waals surface area contributed by atoms with Crippen molar-refractivity contribution in [1.29, 1.82) is 0 Å². The molecule has 0 spiro atoms. The molecule has 1 unspecified atom stereocenters. The molecule has 1 aliphatic rings. The summed E-state index contributed by atoms with van der Waals surface area (Å²) in [5.41, 5.74) is 2.03. The number of aliphatic hydroxyl groups excluding tert-OH is 1. The van der Waals surface area contributed by atoms with E-state index in [0.717, 1.165) is 24.8 Å². The maximum atomic E-state index is 12.2. The second kappa shape index (κ2) is 5.47. The van der Waals surface area contributed by atoms with Crippen molar-refractivity contribution in [3.8, 4) is 0 Å². The van der Waals surface area contributed by atoms with Gasteiger partial charge in [0.1, 0.15) is 0 Å². The first-order chi connectivity index (χ1) is 9.20. The number of nitrogens with one attached hydrogen (secondary N) is 1. The molecule has 0 saturated carbocycles. The molecule has 1 aromatic rings. The van der Waals surface area contributed by atoms with E-state index in [2.05, 4.69) is 4.72 Å². The number of aryl methyl sites for hydroxylation is 2. The van der Waals surface area contributed by atoms with Gasteiger partial charge in [0.15, 0.2) is 0 Å². The van der Waals surface area contributed by atoms with Crippen molar-refractivity contribution < 1.29 is 13.5 Å². The van der Waals surface area contributed by atoms with Gasteiger partial charge in [-0.2, -0.15) is 0 Å². The largest absolute Gasteiger partial charge is 0.391 e. The van der Waals surface area contributed by atoms with Gasteiger partial charge in [-0.25, -0.2) is 13.1 Å². The van der Waals surface area contributed by atoms with Gasteiger partial charge in [-0.15, -0.1) is 0 Å². The van der Waals surface area contributed by atoms with Crippen molar-refractivity contribution in [1.82, 2.24) is 4.72 Å². The maximum absolute atomic E-state index is 12.2. The van der Waals surface area contributed by atoms with E-state index in [1.54, 1.807) is 12.1 Å². The minimum absolute atomic E-state index is 0.0307. The molecule has 0 radical (unpaired) electrons. The lowest BCUT2D eigenvalue weighted by molar-refractivity contribution is 0.0677. The quantitative estimate of drug-likeness (QED) is 0.891. The minimum atomic E-state index is -3.55. The molecule has 112 valence electrons. The number of benzene rings is 1. The summed E-state index contributed by atoms with van der Waals surface area (Å²) in [6.45, 7) is 5.66. The molecule has 0 bridgehead atoms. The Kier molecular flexibility index (Phi) is 4.23. The van der Waals surface area contributed by atoms with Gasteiger partial charge in [0.25, 0.3) is 0 Å². The maximum Gasteiger partial charge on any atom is 0.240 e. The Hall–Kier alpha value is -0.910. The molecule has 0 saturated heterocycles. The summed E-state index contributed by atoms with van der Waals surface area (Å²) in [5.74, 6) is 0. The molecule has 0 fully saturated rings. The summed E-state index contributed by atoms with van der Waals surface area (Å²) < 4.78 is 27.0. The fourth-order valence-corrected chi connectivity index (χ4v) is 3.38. The fourth-order valence-electron chi connectivity index (χ4n) is 2.29. The van der Waals surface area contributed by atoms with Gasteiger partial charge in [-0.1, -0.05) is 26.8 Å². The van der Waals surface area contributed by atoms with E-state index < -0.39 is 16.1 Å². The summed E-state index contributed by atoms with van der Waals surface area (Å²) in [4.78, 5) is 0.291. The normalized spacial score (nSPS) is 17.0. The molecule has 0 amide bonds. The van der Waals surface area contributed by atoms with Crippen molar-refractivity contribution >= 4 is 10.0 Å². The lowest BCUT2D eigenvalue weighted by Gasteiger charge is -2.25. The van der Waals surface area contributed by atoms with Crippen LogP contribution < -0.4 is 4.72 Å². The first-order valence-corrected chi connectivity index (χ1v) is 8.48. The van der Waals surface area contributed by atoms with Crippen LogP contribution in [0.2, 0.25) is 0 Å². The number of aliphatic hydroxyl groups is 1. The molecular formula is C15H23NO3S. The predicted octanol–water partition coefficient (Wildman–Crippen LogP) is 1.86. The molecule has 2 rings (SSSR count). The Morgan fingerprint density at radius 1 is 1.25 bits per heavy atom. The predicted molar refractivity (Wildman–Crippen MR) is 79.1 cm³/mol. The SMILES string of the molecule is CC(C)(C)C(O)CNS(=O)(=O)c1ccc2c(c1)CCC2. The van der Waals surface area contributed by atoms with Crippen molar-refractivity contribution in [2.75, 3.05) is 6.54 Å². The Bertz CT molecular complexity index is 588. The summed E-state index contributed by atoms with van der Waals surface area (Å²) in [7, 11) is -3.55. The molecule has 1 aromatic carbocycles. The summed E-state index contributed by atoms with van der Waals surface area (Å²) in [6, 6.07) is 5.31. The van der Waals surface area contributed by atoms with Gasteiger partial charge in [-0.05, 0) is 47.9 Å².